The van der Waals surface area contributed by atoms with E-state index in [0.29, 0.717) is 18.0 Å². The Morgan fingerprint density at radius 1 is 1.02 bits per heavy atom. The minimum Gasteiger partial charge on any atom is -0.350 e. The van der Waals surface area contributed by atoms with Crippen LogP contribution in [0.15, 0.2) is 73.3 Å². The van der Waals surface area contributed by atoms with Crippen LogP contribution in [-0.2, 0) is 20.0 Å². The van der Waals surface area contributed by atoms with Crippen LogP contribution in [0.4, 0.5) is 11.4 Å². The Kier molecular flexibility index (Phi) is 8.34. The van der Waals surface area contributed by atoms with Gasteiger partial charge in [-0.3, -0.25) is 18.8 Å². The van der Waals surface area contributed by atoms with Gasteiger partial charge >= 0.3 is 0 Å². The highest BCUT2D eigenvalue weighted by molar-refractivity contribution is 5.98. The maximum Gasteiger partial charge on any atom is 0.167 e. The third kappa shape index (κ3) is 6.45. The second-order valence-electron chi connectivity index (χ2n) is 12.0. The lowest BCUT2D eigenvalue weighted by molar-refractivity contribution is 0.0991. The lowest BCUT2D eigenvalue weighted by Crippen LogP contribution is -2.49. The average Bonchev–Trinajstić information content (AvgIpc) is 3.62. The van der Waals surface area contributed by atoms with Gasteiger partial charge in [0.25, 0.3) is 0 Å². The molecule has 1 fully saturated rings. The van der Waals surface area contributed by atoms with Crippen molar-refractivity contribution in [1.29, 1.82) is 0 Å². The predicted octanol–water partition coefficient (Wildman–Crippen LogP) is 5.39. The largest absolute Gasteiger partial charge is 0.350 e. The third-order valence-electron chi connectivity index (χ3n) is 8.61. The fourth-order valence-electron chi connectivity index (χ4n) is 5.74. The van der Waals surface area contributed by atoms with Gasteiger partial charge in [-0.05, 0) is 74.2 Å². The molecule has 8 nitrogen and oxygen atoms in total. The molecule has 6 rings (SSSR count). The van der Waals surface area contributed by atoms with Crippen molar-refractivity contribution in [3.63, 3.8) is 0 Å². The number of imidazole rings is 1. The van der Waals surface area contributed by atoms with Gasteiger partial charge in [-0.1, -0.05) is 36.3 Å². The van der Waals surface area contributed by atoms with E-state index in [1.807, 2.05) is 61.1 Å². The van der Waals surface area contributed by atoms with E-state index in [1.165, 1.54) is 11.1 Å². The summed E-state index contributed by atoms with van der Waals surface area (Å²) in [6, 6.07) is 16.8. The number of pyridine rings is 1. The predicted molar refractivity (Wildman–Crippen MR) is 175 cm³/mol. The van der Waals surface area contributed by atoms with E-state index >= 15 is 0 Å². The number of ketones is 1. The van der Waals surface area contributed by atoms with Crippen molar-refractivity contribution < 1.29 is 4.79 Å². The van der Waals surface area contributed by atoms with Gasteiger partial charge in [-0.25, -0.2) is 4.98 Å². The standard InChI is InChI=1S/C36H39N7O/c1-25-8-10-30(35(44)18-28-9-11-31(26(2)17-28)23-42-16-15-40(4)27(3)22-42)19-29(25)12-13-33-21-37-36-34(7-6-14-43(33)36)39-32-20-38-41(5)24-32/h6-11,14,17,19-21,24,27,39H,15-16,18,22-23H2,1-5H3/t27-/m0/s1. The van der Waals surface area contributed by atoms with Gasteiger partial charge in [0.15, 0.2) is 11.4 Å². The zero-order chi connectivity index (χ0) is 30.8. The highest BCUT2D eigenvalue weighted by Crippen LogP contribution is 2.22. The Hall–Kier alpha value is -4.71. The van der Waals surface area contributed by atoms with Crippen molar-refractivity contribution in [3.05, 3.63) is 112 Å². The molecule has 0 bridgehead atoms. The lowest BCUT2D eigenvalue weighted by Gasteiger charge is -2.37. The van der Waals surface area contributed by atoms with Gasteiger partial charge < -0.3 is 10.2 Å². The minimum absolute atomic E-state index is 0.0917. The monoisotopic (exact) mass is 585 g/mol. The third-order valence-corrected chi connectivity index (χ3v) is 8.61. The number of nitrogens with one attached hydrogen (secondary N) is 1. The zero-order valence-corrected chi connectivity index (χ0v) is 26.1. The Bertz CT molecular complexity index is 1890. The first kappa shape index (κ1) is 29.4. The molecule has 1 atom stereocenters. The van der Waals surface area contributed by atoms with E-state index in [-0.39, 0.29) is 5.78 Å². The van der Waals surface area contributed by atoms with Gasteiger partial charge in [0.05, 0.1) is 23.8 Å². The van der Waals surface area contributed by atoms with Crippen molar-refractivity contribution in [2.75, 3.05) is 32.0 Å². The summed E-state index contributed by atoms with van der Waals surface area (Å²) in [5, 5.41) is 7.60. The summed E-state index contributed by atoms with van der Waals surface area (Å²) in [4.78, 5) is 22.9. The summed E-state index contributed by atoms with van der Waals surface area (Å²) < 4.78 is 3.71. The fourth-order valence-corrected chi connectivity index (χ4v) is 5.74. The first-order chi connectivity index (χ1) is 21.2. The maximum absolute atomic E-state index is 13.4. The molecule has 0 saturated carbocycles. The maximum atomic E-state index is 13.4. The molecule has 0 amide bonds. The molecule has 8 heteroatoms. The minimum atomic E-state index is 0.0917. The van der Waals surface area contributed by atoms with Gasteiger partial charge in [-0.2, -0.15) is 5.10 Å². The number of hydrogen-bond donors (Lipinski definition) is 1. The number of carbonyl (C=O) groups is 1. The average molecular weight is 586 g/mol. The molecule has 5 aromatic rings. The topological polar surface area (TPSA) is 70.7 Å². The molecule has 0 radical (unpaired) electrons. The van der Waals surface area contributed by atoms with E-state index in [2.05, 4.69) is 76.1 Å². The van der Waals surface area contributed by atoms with Crippen molar-refractivity contribution in [1.82, 2.24) is 29.0 Å². The number of hydrogen-bond acceptors (Lipinski definition) is 6. The second kappa shape index (κ2) is 12.5. The summed E-state index contributed by atoms with van der Waals surface area (Å²) >= 11 is 0. The summed E-state index contributed by atoms with van der Waals surface area (Å²) in [6.07, 6.45) is 7.78. The van der Waals surface area contributed by atoms with Crippen LogP contribution < -0.4 is 5.32 Å². The number of aromatic nitrogens is 4. The normalized spacial score (nSPS) is 15.7. The van der Waals surface area contributed by atoms with Crippen LogP contribution in [0.25, 0.3) is 5.65 Å². The molecule has 3 aromatic heterocycles. The summed E-state index contributed by atoms with van der Waals surface area (Å²) in [5.41, 5.74) is 9.46. The van der Waals surface area contributed by atoms with Crippen LogP contribution in [0.3, 0.4) is 0 Å². The molecule has 0 spiro atoms. The lowest BCUT2D eigenvalue weighted by atomic mass is 9.96. The van der Waals surface area contributed by atoms with Gasteiger partial charge in [0, 0.05) is 69.2 Å². The van der Waals surface area contributed by atoms with Crippen molar-refractivity contribution in [2.24, 2.45) is 7.05 Å². The number of rotatable bonds is 7. The number of benzene rings is 2. The fraction of sp³-hybridized carbons (Fsp3) is 0.306. The number of anilines is 2. The number of aryl methyl sites for hydroxylation is 3. The molecular weight excluding hydrogens is 546 g/mol. The summed E-state index contributed by atoms with van der Waals surface area (Å²) in [6.45, 7) is 10.7. The zero-order valence-electron chi connectivity index (χ0n) is 26.1. The SMILES string of the molecule is Cc1ccc(C(=O)Cc2ccc(CN3CCN(C)[C@@H](C)C3)c(C)c2)cc1C#Cc1cnc2c(Nc3cnn(C)c3)cccn12. The number of fused-ring (bicyclic) bond motifs is 1. The molecular formula is C36H39N7O. The highest BCUT2D eigenvalue weighted by Gasteiger charge is 2.21. The number of Topliss-reactive ketones (excluding diaryl/α,β-unsaturated/α-hetero) is 1. The Balaban J connectivity index is 1.16. The molecule has 1 aliphatic rings. The molecule has 1 aliphatic heterocycles. The Morgan fingerprint density at radius 3 is 2.66 bits per heavy atom. The van der Waals surface area contributed by atoms with Gasteiger partial charge in [0.2, 0.25) is 0 Å². The Morgan fingerprint density at radius 2 is 1.89 bits per heavy atom. The van der Waals surface area contributed by atoms with Crippen molar-refractivity contribution in [2.45, 2.75) is 39.8 Å². The van der Waals surface area contributed by atoms with E-state index < -0.39 is 0 Å². The van der Waals surface area contributed by atoms with Crippen molar-refractivity contribution >= 4 is 22.8 Å². The molecule has 0 aliphatic carbocycles. The molecule has 1 N–H and O–H groups in total. The molecule has 4 heterocycles. The van der Waals surface area contributed by atoms with Crippen LogP contribution in [0.2, 0.25) is 0 Å². The molecule has 2 aromatic carbocycles. The van der Waals surface area contributed by atoms with E-state index in [0.717, 1.165) is 65.6 Å². The van der Waals surface area contributed by atoms with E-state index in [9.17, 15) is 4.79 Å². The number of likely N-dealkylation sites (N-methyl/N-ethyl adjacent to an activating group) is 1. The smallest absolute Gasteiger partial charge is 0.167 e. The summed E-state index contributed by atoms with van der Waals surface area (Å²) in [5.74, 6) is 6.66. The quantitative estimate of drug-likeness (QED) is 0.204. The van der Waals surface area contributed by atoms with E-state index in [1.54, 1.807) is 17.1 Å². The van der Waals surface area contributed by atoms with Gasteiger partial charge in [0.1, 0.15) is 5.69 Å². The second-order valence-corrected chi connectivity index (χ2v) is 12.0. The van der Waals surface area contributed by atoms with Crippen LogP contribution in [0.5, 0.6) is 0 Å². The van der Waals surface area contributed by atoms with Gasteiger partial charge in [-0.15, -0.1) is 0 Å². The molecule has 224 valence electrons. The van der Waals surface area contributed by atoms with Crippen molar-refractivity contribution in [3.8, 4) is 11.8 Å². The summed E-state index contributed by atoms with van der Waals surface area (Å²) in [7, 11) is 4.08. The number of piperazine rings is 1. The van der Waals surface area contributed by atoms with Crippen LogP contribution in [-0.4, -0.2) is 67.5 Å². The first-order valence-corrected chi connectivity index (χ1v) is 15.1. The molecule has 1 saturated heterocycles. The molecule has 0 unspecified atom stereocenters. The highest BCUT2D eigenvalue weighted by atomic mass is 16.1. The number of nitrogens with zero attached hydrogens (tertiary/aromatic N) is 6. The first-order valence-electron chi connectivity index (χ1n) is 15.1. The Labute approximate surface area is 259 Å². The number of carbonyl (C=O) groups excluding carboxylic acids is 1. The van der Waals surface area contributed by atoms with Crippen LogP contribution in [0.1, 0.15) is 50.8 Å². The van der Waals surface area contributed by atoms with Crippen LogP contribution in [0, 0.1) is 25.7 Å². The van der Waals surface area contributed by atoms with E-state index in [4.69, 9.17) is 0 Å². The van der Waals surface area contributed by atoms with Crippen LogP contribution >= 0.6 is 0 Å². The molecule has 44 heavy (non-hydrogen) atoms.